The Labute approximate surface area is 144 Å². The number of carbonyl (C=O) groups is 2. The molecule has 2 aromatic carbocycles. The van der Waals surface area contributed by atoms with Crippen LogP contribution < -0.4 is 10.2 Å². The molecule has 0 radical (unpaired) electrons. The molecule has 0 unspecified atom stereocenters. The molecule has 122 valence electrons. The van der Waals surface area contributed by atoms with Gasteiger partial charge in [-0.05, 0) is 24.3 Å². The van der Waals surface area contributed by atoms with Gasteiger partial charge in [0.25, 0.3) is 0 Å². The molecule has 5 nitrogen and oxygen atoms in total. The number of carbonyl (C=O) groups excluding carboxylic acids is 2. The highest BCUT2D eigenvalue weighted by molar-refractivity contribution is 8.15. The van der Waals surface area contributed by atoms with Crippen LogP contribution in [-0.4, -0.2) is 29.3 Å². The number of anilines is 2. The smallest absolute Gasteiger partial charge is 0.247 e. The van der Waals surface area contributed by atoms with Crippen LogP contribution in [0.3, 0.4) is 0 Å². The fourth-order valence-electron chi connectivity index (χ4n) is 2.46. The second-order valence-electron chi connectivity index (χ2n) is 5.23. The number of thioether (sulfide) groups is 1. The minimum atomic E-state index is -0.465. The normalized spacial score (nSPS) is 18.1. The zero-order valence-corrected chi connectivity index (χ0v) is 14.0. The van der Waals surface area contributed by atoms with Crippen molar-refractivity contribution in [3.63, 3.8) is 0 Å². The molecule has 1 N–H and O–H groups in total. The molecule has 0 spiro atoms. The van der Waals surface area contributed by atoms with Crippen molar-refractivity contribution in [1.82, 2.24) is 0 Å². The molecule has 1 aliphatic heterocycles. The Balaban J connectivity index is 1.71. The van der Waals surface area contributed by atoms with Crippen molar-refractivity contribution in [2.24, 2.45) is 4.99 Å². The fraction of sp³-hybridized carbons (Fsp3) is 0.167. The number of imide groups is 1. The first-order valence-electron chi connectivity index (χ1n) is 7.56. The molecule has 1 fully saturated rings. The standard InChI is InChI=1S/C18H17N3O2S/c1-19-18(20-13-8-4-2-5-9-13)24-15-12-16(22)21(17(15)23)14-10-6-3-7-11-14/h2-11,15H,12H2,1H3,(H,19,20)/t15-/m0/s1. The van der Waals surface area contributed by atoms with Gasteiger partial charge in [0.1, 0.15) is 5.25 Å². The lowest BCUT2D eigenvalue weighted by Gasteiger charge is -2.15. The Bertz CT molecular complexity index is 762. The van der Waals surface area contributed by atoms with E-state index in [1.807, 2.05) is 48.5 Å². The maximum atomic E-state index is 12.6. The van der Waals surface area contributed by atoms with Crippen LogP contribution in [0.1, 0.15) is 6.42 Å². The van der Waals surface area contributed by atoms with E-state index in [-0.39, 0.29) is 18.2 Å². The van der Waals surface area contributed by atoms with Crippen LogP contribution in [0, 0.1) is 0 Å². The molecule has 0 saturated carbocycles. The Morgan fingerprint density at radius 1 is 1.08 bits per heavy atom. The minimum Gasteiger partial charge on any atom is -0.335 e. The molecule has 0 aromatic heterocycles. The van der Waals surface area contributed by atoms with Crippen molar-refractivity contribution in [3.8, 4) is 0 Å². The lowest BCUT2D eigenvalue weighted by atomic mass is 10.3. The fourth-order valence-corrected chi connectivity index (χ4v) is 3.45. The number of rotatable bonds is 3. The number of para-hydroxylation sites is 2. The molecule has 24 heavy (non-hydrogen) atoms. The highest BCUT2D eigenvalue weighted by atomic mass is 32.2. The predicted molar refractivity (Wildman–Crippen MR) is 98.4 cm³/mol. The van der Waals surface area contributed by atoms with E-state index in [0.717, 1.165) is 5.69 Å². The third-order valence-electron chi connectivity index (χ3n) is 3.60. The average molecular weight is 339 g/mol. The molecule has 0 aliphatic carbocycles. The number of amides is 2. The summed E-state index contributed by atoms with van der Waals surface area (Å²) in [6.45, 7) is 0. The molecule has 0 bridgehead atoms. The quantitative estimate of drug-likeness (QED) is 0.530. The van der Waals surface area contributed by atoms with E-state index in [4.69, 9.17) is 0 Å². The summed E-state index contributed by atoms with van der Waals surface area (Å²) in [6, 6.07) is 18.6. The lowest BCUT2D eigenvalue weighted by Crippen LogP contribution is -2.31. The van der Waals surface area contributed by atoms with Gasteiger partial charge in [-0.2, -0.15) is 0 Å². The molecule has 3 rings (SSSR count). The molecule has 2 amide bonds. The Hall–Kier alpha value is -2.60. The van der Waals surface area contributed by atoms with Crippen LogP contribution in [0.2, 0.25) is 0 Å². The Morgan fingerprint density at radius 3 is 2.33 bits per heavy atom. The van der Waals surface area contributed by atoms with E-state index < -0.39 is 5.25 Å². The summed E-state index contributed by atoms with van der Waals surface area (Å²) in [4.78, 5) is 30.3. The van der Waals surface area contributed by atoms with Crippen molar-refractivity contribution in [1.29, 1.82) is 0 Å². The number of nitrogens with one attached hydrogen (secondary N) is 1. The van der Waals surface area contributed by atoms with Crippen molar-refractivity contribution in [2.75, 3.05) is 17.3 Å². The van der Waals surface area contributed by atoms with Crippen LogP contribution >= 0.6 is 11.8 Å². The van der Waals surface area contributed by atoms with Gasteiger partial charge < -0.3 is 5.32 Å². The predicted octanol–water partition coefficient (Wildman–Crippen LogP) is 3.15. The van der Waals surface area contributed by atoms with Crippen LogP contribution in [0.15, 0.2) is 65.7 Å². The molecular formula is C18H17N3O2S. The first-order chi connectivity index (χ1) is 11.7. The van der Waals surface area contributed by atoms with E-state index in [1.54, 1.807) is 19.2 Å². The Morgan fingerprint density at radius 2 is 1.71 bits per heavy atom. The Kier molecular flexibility index (Phi) is 4.96. The van der Waals surface area contributed by atoms with Gasteiger partial charge in [0.05, 0.1) is 5.69 Å². The summed E-state index contributed by atoms with van der Waals surface area (Å²) in [5.41, 5.74) is 1.50. The summed E-state index contributed by atoms with van der Waals surface area (Å²) in [5.74, 6) is -0.383. The number of hydrogen-bond donors (Lipinski definition) is 1. The summed E-state index contributed by atoms with van der Waals surface area (Å²) >= 11 is 1.28. The third-order valence-corrected chi connectivity index (χ3v) is 4.76. The van der Waals surface area contributed by atoms with Gasteiger partial charge in [0.15, 0.2) is 5.17 Å². The molecule has 2 aromatic rings. The lowest BCUT2D eigenvalue weighted by molar-refractivity contribution is -0.121. The van der Waals surface area contributed by atoms with Gasteiger partial charge in [-0.25, -0.2) is 4.90 Å². The zero-order valence-electron chi connectivity index (χ0n) is 13.2. The van der Waals surface area contributed by atoms with Gasteiger partial charge in [-0.1, -0.05) is 48.2 Å². The maximum absolute atomic E-state index is 12.6. The molecule has 6 heteroatoms. The van der Waals surface area contributed by atoms with Crippen molar-refractivity contribution >= 4 is 40.1 Å². The van der Waals surface area contributed by atoms with Crippen LogP contribution in [-0.2, 0) is 9.59 Å². The summed E-state index contributed by atoms with van der Waals surface area (Å²) in [7, 11) is 1.66. The molecule has 1 atom stereocenters. The first kappa shape index (κ1) is 16.3. The average Bonchev–Trinajstić information content (AvgIpc) is 2.89. The number of benzene rings is 2. The van der Waals surface area contributed by atoms with Crippen LogP contribution in [0.5, 0.6) is 0 Å². The van der Waals surface area contributed by atoms with Crippen LogP contribution in [0.25, 0.3) is 0 Å². The van der Waals surface area contributed by atoms with E-state index >= 15 is 0 Å². The van der Waals surface area contributed by atoms with Gasteiger partial charge in [-0.3, -0.25) is 14.6 Å². The van der Waals surface area contributed by atoms with E-state index in [2.05, 4.69) is 10.3 Å². The van der Waals surface area contributed by atoms with Gasteiger partial charge in [-0.15, -0.1) is 0 Å². The summed E-state index contributed by atoms with van der Waals surface area (Å²) < 4.78 is 0. The van der Waals surface area contributed by atoms with E-state index in [0.29, 0.717) is 10.9 Å². The highest BCUT2D eigenvalue weighted by Gasteiger charge is 2.40. The highest BCUT2D eigenvalue weighted by Crippen LogP contribution is 2.30. The number of amidine groups is 1. The maximum Gasteiger partial charge on any atom is 0.247 e. The van der Waals surface area contributed by atoms with Crippen molar-refractivity contribution in [2.45, 2.75) is 11.7 Å². The SMILES string of the molecule is CN=C(Nc1ccccc1)S[C@H]1CC(=O)N(c2ccccc2)C1=O. The minimum absolute atomic E-state index is 0.174. The van der Waals surface area contributed by atoms with Crippen LogP contribution in [0.4, 0.5) is 11.4 Å². The largest absolute Gasteiger partial charge is 0.335 e. The molecule has 1 heterocycles. The first-order valence-corrected chi connectivity index (χ1v) is 8.44. The van der Waals surface area contributed by atoms with E-state index in [1.165, 1.54) is 16.7 Å². The topological polar surface area (TPSA) is 61.8 Å². The van der Waals surface area contributed by atoms with Gasteiger partial charge >= 0.3 is 0 Å². The second kappa shape index (κ2) is 7.31. The number of hydrogen-bond acceptors (Lipinski definition) is 4. The third kappa shape index (κ3) is 3.49. The van der Waals surface area contributed by atoms with Crippen molar-refractivity contribution < 1.29 is 9.59 Å². The number of aliphatic imine (C=N–C) groups is 1. The molecular weight excluding hydrogens is 322 g/mol. The molecule has 1 aliphatic rings. The summed E-state index contributed by atoms with van der Waals surface area (Å²) in [6.07, 6.45) is 0.174. The van der Waals surface area contributed by atoms with Crippen molar-refractivity contribution in [3.05, 3.63) is 60.7 Å². The van der Waals surface area contributed by atoms with E-state index in [9.17, 15) is 9.59 Å². The van der Waals surface area contributed by atoms with Gasteiger partial charge in [0, 0.05) is 19.2 Å². The van der Waals surface area contributed by atoms with Gasteiger partial charge in [0.2, 0.25) is 11.8 Å². The number of nitrogens with zero attached hydrogens (tertiary/aromatic N) is 2. The summed E-state index contributed by atoms with van der Waals surface area (Å²) in [5, 5.41) is 3.32. The molecule has 1 saturated heterocycles. The zero-order chi connectivity index (χ0) is 16.9. The second-order valence-corrected chi connectivity index (χ2v) is 6.42. The monoisotopic (exact) mass is 339 g/mol.